The second-order valence-electron chi connectivity index (χ2n) is 14.2. The van der Waals surface area contributed by atoms with Gasteiger partial charge in [-0.2, -0.15) is 0 Å². The Bertz CT molecular complexity index is 1810. The molecule has 6 rings (SSSR count). The topological polar surface area (TPSA) is 130 Å². The molecule has 2 aliphatic heterocycles. The number of fused-ring (bicyclic) bond motifs is 5. The third-order valence-electron chi connectivity index (χ3n) is 9.27. The number of nitrogens with one attached hydrogen (secondary N) is 3. The van der Waals surface area contributed by atoms with Crippen molar-refractivity contribution in [3.8, 4) is 0 Å². The minimum absolute atomic E-state index is 0.00615. The number of carbonyl (C=O) groups excluding carboxylic acids is 4. The van der Waals surface area contributed by atoms with Crippen molar-refractivity contribution in [1.29, 1.82) is 0 Å². The molecule has 3 amide bonds. The molecule has 4 atom stereocenters. The summed E-state index contributed by atoms with van der Waals surface area (Å²) in [4.78, 5) is 59.3. The van der Waals surface area contributed by atoms with Gasteiger partial charge < -0.3 is 30.0 Å². The Morgan fingerprint density at radius 1 is 0.918 bits per heavy atom. The molecule has 3 heterocycles. The minimum atomic E-state index is -1.39. The number of para-hydroxylation sites is 1. The Hall–Kier alpha value is -4.90. The largest absolute Gasteiger partial charge is 0.466 e. The number of hydrogen-bond donors (Lipinski definition) is 3. The van der Waals surface area contributed by atoms with Crippen LogP contribution in [0.4, 0.5) is 4.79 Å². The molecule has 256 valence electrons. The molecule has 49 heavy (non-hydrogen) atoms. The summed E-state index contributed by atoms with van der Waals surface area (Å²) in [7, 11) is -1.39. The number of ether oxygens (including phenoxy) is 2. The van der Waals surface area contributed by atoms with Crippen LogP contribution in [0.2, 0.25) is 25.7 Å². The predicted octanol–water partition coefficient (Wildman–Crippen LogP) is 5.66. The van der Waals surface area contributed by atoms with Gasteiger partial charge in [0.05, 0.1) is 19.1 Å². The van der Waals surface area contributed by atoms with Crippen molar-refractivity contribution in [2.24, 2.45) is 0 Å². The Labute approximate surface area is 287 Å². The first-order chi connectivity index (χ1) is 23.6. The number of benzene rings is 3. The molecule has 3 aromatic carbocycles. The lowest BCUT2D eigenvalue weighted by molar-refractivity contribution is -0.145. The van der Waals surface area contributed by atoms with Crippen LogP contribution in [0.15, 0.2) is 84.9 Å². The molecule has 10 nitrogen and oxygen atoms in total. The van der Waals surface area contributed by atoms with Gasteiger partial charge in [-0.1, -0.05) is 98.5 Å². The third-order valence-corrected chi connectivity index (χ3v) is 11.0. The number of carbonyl (C=O) groups is 4. The van der Waals surface area contributed by atoms with E-state index in [0.29, 0.717) is 13.0 Å². The molecular weight excluding hydrogens is 637 g/mol. The van der Waals surface area contributed by atoms with Crippen molar-refractivity contribution >= 4 is 42.9 Å². The van der Waals surface area contributed by atoms with Gasteiger partial charge >= 0.3 is 12.1 Å². The molecule has 0 spiro atoms. The molecular formula is C38H44N4O6Si. The highest BCUT2D eigenvalue weighted by atomic mass is 28.3. The van der Waals surface area contributed by atoms with Crippen LogP contribution in [0.1, 0.15) is 41.3 Å². The van der Waals surface area contributed by atoms with Gasteiger partial charge in [0.2, 0.25) is 11.8 Å². The van der Waals surface area contributed by atoms with Crippen LogP contribution >= 0.6 is 0 Å². The summed E-state index contributed by atoms with van der Waals surface area (Å²) in [5.41, 5.74) is 4.56. The first-order valence-corrected chi connectivity index (χ1v) is 20.7. The average molecular weight is 681 g/mol. The maximum absolute atomic E-state index is 14.3. The molecule has 0 saturated carbocycles. The summed E-state index contributed by atoms with van der Waals surface area (Å²) in [6.45, 7) is 7.11. The Balaban J connectivity index is 1.22. The molecule has 0 aliphatic carbocycles. The highest BCUT2D eigenvalue weighted by molar-refractivity contribution is 6.76. The van der Waals surface area contributed by atoms with Gasteiger partial charge in [0, 0.05) is 43.6 Å². The first-order valence-electron chi connectivity index (χ1n) is 16.9. The number of amides is 3. The predicted molar refractivity (Wildman–Crippen MR) is 189 cm³/mol. The number of rotatable bonds is 12. The van der Waals surface area contributed by atoms with Crippen molar-refractivity contribution in [1.82, 2.24) is 20.5 Å². The molecule has 1 saturated heterocycles. The summed E-state index contributed by atoms with van der Waals surface area (Å²) in [6.07, 6.45) is 0.300. The summed E-state index contributed by atoms with van der Waals surface area (Å²) < 4.78 is 11.0. The zero-order valence-electron chi connectivity index (χ0n) is 28.2. The van der Waals surface area contributed by atoms with Crippen molar-refractivity contribution in [2.45, 2.75) is 82.1 Å². The van der Waals surface area contributed by atoms with E-state index in [1.807, 2.05) is 84.9 Å². The highest BCUT2D eigenvalue weighted by Crippen LogP contribution is 2.43. The zero-order chi connectivity index (χ0) is 34.5. The van der Waals surface area contributed by atoms with Crippen LogP contribution in [-0.4, -0.2) is 66.6 Å². The molecule has 1 fully saturated rings. The van der Waals surface area contributed by atoms with E-state index in [4.69, 9.17) is 9.47 Å². The fourth-order valence-electron chi connectivity index (χ4n) is 6.76. The standard InChI is InChI=1S/C38H44N4O6Si/c1-49(2,3)19-18-47-34(43)21-27(20-25-12-6-4-7-13-25)39-36(44)33-22-29-28-16-10-11-17-30(28)40-35(29)32-23-31(37(45)42(32)33)41-38(46)48-24-26-14-8-5-9-15-26/h4-17,27,31-33,40H,18-24H2,1-3H3,(H,39,44)(H,41,46)/t27-,31+,32+,33+/m1/s1. The quantitative estimate of drug-likeness (QED) is 0.131. The smallest absolute Gasteiger partial charge is 0.408 e. The molecule has 0 unspecified atom stereocenters. The Morgan fingerprint density at radius 2 is 1.59 bits per heavy atom. The van der Waals surface area contributed by atoms with Gasteiger partial charge in [-0.15, -0.1) is 0 Å². The van der Waals surface area contributed by atoms with E-state index in [1.54, 1.807) is 4.90 Å². The molecule has 4 aromatic rings. The van der Waals surface area contributed by atoms with Crippen LogP contribution in [0.5, 0.6) is 0 Å². The van der Waals surface area contributed by atoms with Crippen LogP contribution in [0.3, 0.4) is 0 Å². The number of esters is 1. The van der Waals surface area contributed by atoms with E-state index >= 15 is 0 Å². The van der Waals surface area contributed by atoms with E-state index < -0.39 is 38.3 Å². The number of H-pyrrole nitrogens is 1. The van der Waals surface area contributed by atoms with E-state index in [1.165, 1.54) is 0 Å². The lowest BCUT2D eigenvalue weighted by Crippen LogP contribution is -2.55. The lowest BCUT2D eigenvalue weighted by Gasteiger charge is -2.37. The summed E-state index contributed by atoms with van der Waals surface area (Å²) >= 11 is 0. The number of aromatic nitrogens is 1. The van der Waals surface area contributed by atoms with Crippen molar-refractivity contribution in [3.63, 3.8) is 0 Å². The normalized spacial score (nSPS) is 19.1. The SMILES string of the molecule is C[Si](C)(C)CCOC(=O)C[C@@H](Cc1ccccc1)NC(=O)[C@@H]1Cc2c([nH]c3ccccc23)[C@@H]2C[C@H](NC(=O)OCc3ccccc3)C(=O)N12. The number of hydrogen-bond acceptors (Lipinski definition) is 6. The maximum atomic E-state index is 14.3. The van der Waals surface area contributed by atoms with E-state index in [9.17, 15) is 19.2 Å². The highest BCUT2D eigenvalue weighted by Gasteiger charge is 2.51. The van der Waals surface area contributed by atoms with Crippen molar-refractivity contribution < 1.29 is 28.7 Å². The second-order valence-corrected chi connectivity index (χ2v) is 19.8. The summed E-state index contributed by atoms with van der Waals surface area (Å²) in [5, 5.41) is 6.87. The average Bonchev–Trinajstić information content (AvgIpc) is 3.61. The fourth-order valence-corrected chi connectivity index (χ4v) is 7.48. The van der Waals surface area contributed by atoms with E-state index in [2.05, 4.69) is 35.3 Å². The second kappa shape index (κ2) is 14.7. The Morgan fingerprint density at radius 3 is 2.31 bits per heavy atom. The van der Waals surface area contributed by atoms with Gasteiger partial charge in [0.25, 0.3) is 0 Å². The summed E-state index contributed by atoms with van der Waals surface area (Å²) in [6, 6.07) is 25.0. The maximum Gasteiger partial charge on any atom is 0.408 e. The fraction of sp³-hybridized carbons (Fsp3) is 0.368. The first kappa shape index (κ1) is 34.0. The Kier molecular flexibility index (Phi) is 10.2. The van der Waals surface area contributed by atoms with Gasteiger partial charge in [-0.05, 0) is 35.2 Å². The number of alkyl carbamates (subject to hydrolysis) is 1. The van der Waals surface area contributed by atoms with Gasteiger partial charge in [-0.3, -0.25) is 14.4 Å². The van der Waals surface area contributed by atoms with Crippen LogP contribution in [0, 0.1) is 0 Å². The van der Waals surface area contributed by atoms with Gasteiger partial charge in [0.1, 0.15) is 18.7 Å². The lowest BCUT2D eigenvalue weighted by atomic mass is 9.91. The van der Waals surface area contributed by atoms with Crippen LogP contribution < -0.4 is 10.6 Å². The molecule has 0 radical (unpaired) electrons. The van der Waals surface area contributed by atoms with Crippen molar-refractivity contribution in [2.75, 3.05) is 6.61 Å². The molecule has 11 heteroatoms. The van der Waals surface area contributed by atoms with E-state index in [0.717, 1.165) is 39.3 Å². The van der Waals surface area contributed by atoms with Crippen LogP contribution in [-0.2, 0) is 43.3 Å². The van der Waals surface area contributed by atoms with Crippen molar-refractivity contribution in [3.05, 3.63) is 107 Å². The monoisotopic (exact) mass is 680 g/mol. The number of aromatic amines is 1. The number of nitrogens with zero attached hydrogens (tertiary/aromatic N) is 1. The van der Waals surface area contributed by atoms with Crippen LogP contribution in [0.25, 0.3) is 10.9 Å². The molecule has 1 aromatic heterocycles. The summed E-state index contributed by atoms with van der Waals surface area (Å²) in [5.74, 6) is -1.07. The zero-order valence-corrected chi connectivity index (χ0v) is 29.2. The van der Waals surface area contributed by atoms with Gasteiger partial charge in [0.15, 0.2) is 0 Å². The minimum Gasteiger partial charge on any atom is -0.466 e. The molecule has 0 bridgehead atoms. The third kappa shape index (κ3) is 8.22. The molecule has 2 aliphatic rings. The van der Waals surface area contributed by atoms with Gasteiger partial charge in [-0.25, -0.2) is 4.79 Å². The molecule has 3 N–H and O–H groups in total. The van der Waals surface area contributed by atoms with E-state index in [-0.39, 0.29) is 43.7 Å².